The Hall–Kier alpha value is -8.52. The second-order valence-electron chi connectivity index (χ2n) is 20.7. The summed E-state index contributed by atoms with van der Waals surface area (Å²) in [6.07, 6.45) is 0.764. The van der Waals surface area contributed by atoms with Crippen LogP contribution in [0.3, 0.4) is 0 Å². The number of benzene rings is 6. The number of nitrogens with one attached hydrogen (secondary N) is 5. The van der Waals surface area contributed by atoms with E-state index in [1.165, 1.54) is 0 Å². The van der Waals surface area contributed by atoms with Gasteiger partial charge >= 0.3 is 12.2 Å². The van der Waals surface area contributed by atoms with E-state index in [4.69, 9.17) is 0 Å². The molecule has 1 unspecified atom stereocenters. The van der Waals surface area contributed by atoms with Crippen LogP contribution in [-0.2, 0) is 30.3 Å². The Labute approximate surface area is 446 Å². The third kappa shape index (κ3) is 13.6. The number of rotatable bonds is 22. The largest absolute Gasteiger partial charge is 0.465 e. The van der Waals surface area contributed by atoms with Gasteiger partial charge in [-0.3, -0.25) is 19.2 Å². The van der Waals surface area contributed by atoms with Gasteiger partial charge < -0.3 is 41.7 Å². The number of amides is 6. The van der Waals surface area contributed by atoms with Crippen molar-refractivity contribution in [3.05, 3.63) is 228 Å². The van der Waals surface area contributed by atoms with E-state index in [1.807, 2.05) is 228 Å². The number of hydrogen-bond acceptors (Lipinski definition) is 6. The minimum absolute atomic E-state index is 0.0890. The van der Waals surface area contributed by atoms with Crippen molar-refractivity contribution in [3.8, 4) is 0 Å². The standard InChI is InChI=1S/C62H70N6O8/c1-59(2,3)52(56(72)68(60(4,5)6)62(47-35-21-12-22-36-47,48-37-23-13-24-38-48)49-39-25-14-26-40-49)53(66-58(75)76)55(71)64-42-28-8-7-27-41-63-54(70)50(65-57(73)74)43-51(69)67-61(44-29-15-9-16-30-44,45-31-17-10-18-32-45)46-33-19-11-20-34-46/h7-26,29-40,50,52-53,65-66H,27-28,41-43H2,1-6H3,(H,63,70)(H,64,71)(H,67,69)(H,73,74)(H,75,76)/t50-,52?,53-/m0/s1. The predicted octanol–water partition coefficient (Wildman–Crippen LogP) is 9.61. The first-order valence-corrected chi connectivity index (χ1v) is 25.5. The third-order valence-electron chi connectivity index (χ3n) is 13.2. The van der Waals surface area contributed by atoms with Crippen LogP contribution in [0.15, 0.2) is 194 Å². The molecule has 0 aliphatic heterocycles. The van der Waals surface area contributed by atoms with Gasteiger partial charge in [-0.15, -0.1) is 0 Å². The molecule has 0 fully saturated rings. The summed E-state index contributed by atoms with van der Waals surface area (Å²) in [6, 6.07) is 54.4. The lowest BCUT2D eigenvalue weighted by atomic mass is 9.69. The van der Waals surface area contributed by atoms with E-state index in [0.717, 1.165) is 33.4 Å². The molecule has 14 heteroatoms. The molecule has 396 valence electrons. The Balaban J connectivity index is 1.15. The summed E-state index contributed by atoms with van der Waals surface area (Å²) in [7, 11) is 0. The fourth-order valence-electron chi connectivity index (χ4n) is 10.1. The minimum Gasteiger partial charge on any atom is -0.465 e. The van der Waals surface area contributed by atoms with Gasteiger partial charge in [-0.25, -0.2) is 9.59 Å². The monoisotopic (exact) mass is 1030 g/mol. The highest BCUT2D eigenvalue weighted by Gasteiger charge is 2.54. The molecular weight excluding hydrogens is 957 g/mol. The van der Waals surface area contributed by atoms with Crippen molar-refractivity contribution in [1.82, 2.24) is 31.5 Å². The maximum Gasteiger partial charge on any atom is 0.405 e. The zero-order valence-corrected chi connectivity index (χ0v) is 44.0. The van der Waals surface area contributed by atoms with Crippen molar-refractivity contribution < 1.29 is 39.0 Å². The molecule has 0 heterocycles. The number of nitrogens with zero attached hydrogens (tertiary/aromatic N) is 1. The quantitative estimate of drug-likeness (QED) is 0.0198. The third-order valence-corrected chi connectivity index (χ3v) is 13.2. The summed E-state index contributed by atoms with van der Waals surface area (Å²) in [4.78, 5) is 84.2. The molecule has 7 N–H and O–H groups in total. The van der Waals surface area contributed by atoms with Gasteiger partial charge in [-0.2, -0.15) is 0 Å². The molecular formula is C62H70N6O8. The molecule has 0 aliphatic carbocycles. The Morgan fingerprint density at radius 3 is 1.16 bits per heavy atom. The van der Waals surface area contributed by atoms with Crippen LogP contribution in [0.25, 0.3) is 0 Å². The van der Waals surface area contributed by atoms with Crippen molar-refractivity contribution in [2.75, 3.05) is 13.1 Å². The highest BCUT2D eigenvalue weighted by molar-refractivity contribution is 5.94. The van der Waals surface area contributed by atoms with Gasteiger partial charge in [0, 0.05) is 18.6 Å². The molecule has 6 rings (SSSR count). The van der Waals surface area contributed by atoms with E-state index >= 15 is 4.79 Å². The molecule has 0 radical (unpaired) electrons. The van der Waals surface area contributed by atoms with E-state index in [1.54, 1.807) is 12.2 Å². The fraction of sp³-hybridized carbons (Fsp3) is 0.290. The van der Waals surface area contributed by atoms with Gasteiger partial charge in [0.25, 0.3) is 0 Å². The molecule has 6 aromatic rings. The Morgan fingerprint density at radius 2 is 0.829 bits per heavy atom. The molecule has 3 atom stereocenters. The van der Waals surface area contributed by atoms with Gasteiger partial charge in [-0.1, -0.05) is 215 Å². The number of carbonyl (C=O) groups excluding carboxylic acids is 4. The molecule has 6 amide bonds. The second-order valence-corrected chi connectivity index (χ2v) is 20.7. The summed E-state index contributed by atoms with van der Waals surface area (Å²) in [6.45, 7) is 11.5. The normalized spacial score (nSPS) is 13.1. The molecule has 0 aromatic heterocycles. The first-order chi connectivity index (χ1) is 36.3. The van der Waals surface area contributed by atoms with Gasteiger partial charge in [0.15, 0.2) is 0 Å². The lowest BCUT2D eigenvalue weighted by Crippen LogP contribution is -2.65. The topological polar surface area (TPSA) is 206 Å². The average Bonchev–Trinajstić information content (AvgIpc) is 3.49. The van der Waals surface area contributed by atoms with E-state index in [0.29, 0.717) is 12.8 Å². The molecule has 0 saturated heterocycles. The zero-order valence-electron chi connectivity index (χ0n) is 44.0. The van der Waals surface area contributed by atoms with Crippen LogP contribution >= 0.6 is 0 Å². The predicted molar refractivity (Wildman–Crippen MR) is 295 cm³/mol. The molecule has 0 spiro atoms. The smallest absolute Gasteiger partial charge is 0.405 e. The van der Waals surface area contributed by atoms with Crippen molar-refractivity contribution in [2.24, 2.45) is 11.3 Å². The van der Waals surface area contributed by atoms with Crippen molar-refractivity contribution >= 4 is 35.8 Å². The summed E-state index contributed by atoms with van der Waals surface area (Å²) in [5, 5.41) is 33.3. The first kappa shape index (κ1) is 56.8. The van der Waals surface area contributed by atoms with Gasteiger partial charge in [0.2, 0.25) is 23.6 Å². The summed E-state index contributed by atoms with van der Waals surface area (Å²) >= 11 is 0. The van der Waals surface area contributed by atoms with Crippen LogP contribution < -0.4 is 26.6 Å². The lowest BCUT2D eigenvalue weighted by Gasteiger charge is -2.54. The van der Waals surface area contributed by atoms with Crippen LogP contribution in [-0.4, -0.2) is 81.6 Å². The molecule has 0 bridgehead atoms. The van der Waals surface area contributed by atoms with Crippen molar-refractivity contribution in [3.63, 3.8) is 0 Å². The van der Waals surface area contributed by atoms with E-state index < -0.39 is 82.3 Å². The van der Waals surface area contributed by atoms with E-state index in [2.05, 4.69) is 26.6 Å². The average molecular weight is 1030 g/mol. The molecule has 6 aromatic carbocycles. The van der Waals surface area contributed by atoms with Crippen LogP contribution in [0.4, 0.5) is 9.59 Å². The summed E-state index contributed by atoms with van der Waals surface area (Å²) in [5.41, 5.74) is 0.414. The SMILES string of the molecule is CC(C)(C)C(C(=O)N(C(C)(C)C)C(c1ccccc1)(c1ccccc1)c1ccccc1)[C@H](NC(=O)O)C(=O)NCCC=CCCNC(=O)[C@H](CC(=O)NC(c1ccccc1)(c1ccccc1)c1ccccc1)NC(=O)O. The van der Waals surface area contributed by atoms with Gasteiger partial charge in [0.05, 0.1) is 12.3 Å². The van der Waals surface area contributed by atoms with E-state index in [9.17, 15) is 34.2 Å². The number of hydrogen-bond donors (Lipinski definition) is 7. The maximum atomic E-state index is 15.9. The maximum absolute atomic E-state index is 15.9. The van der Waals surface area contributed by atoms with Crippen LogP contribution in [0, 0.1) is 11.3 Å². The Bertz CT molecular complexity index is 2700. The van der Waals surface area contributed by atoms with Crippen molar-refractivity contribution in [1.29, 1.82) is 0 Å². The molecule has 14 nitrogen and oxygen atoms in total. The van der Waals surface area contributed by atoms with Crippen LogP contribution in [0.1, 0.15) is 94.2 Å². The van der Waals surface area contributed by atoms with Crippen LogP contribution in [0.5, 0.6) is 0 Å². The molecule has 0 saturated carbocycles. The van der Waals surface area contributed by atoms with Gasteiger partial charge in [0.1, 0.15) is 23.2 Å². The highest BCUT2D eigenvalue weighted by Crippen LogP contribution is 2.48. The second kappa shape index (κ2) is 25.6. The Morgan fingerprint density at radius 1 is 0.487 bits per heavy atom. The van der Waals surface area contributed by atoms with E-state index in [-0.39, 0.29) is 13.1 Å². The summed E-state index contributed by atoms with van der Waals surface area (Å²) in [5.74, 6) is -3.58. The minimum atomic E-state index is -1.50. The Kier molecular flexibility index (Phi) is 19.1. The van der Waals surface area contributed by atoms with Gasteiger partial charge in [-0.05, 0) is 72.4 Å². The lowest BCUT2D eigenvalue weighted by molar-refractivity contribution is -0.154. The van der Waals surface area contributed by atoms with Crippen LogP contribution in [0.2, 0.25) is 0 Å². The molecule has 76 heavy (non-hydrogen) atoms. The number of carboxylic acid groups (broad SMARTS) is 2. The summed E-state index contributed by atoms with van der Waals surface area (Å²) < 4.78 is 0. The van der Waals surface area contributed by atoms with Crippen molar-refractivity contribution in [2.45, 2.75) is 89.5 Å². The highest BCUT2D eigenvalue weighted by atomic mass is 16.4. The first-order valence-electron chi connectivity index (χ1n) is 25.5. The zero-order chi connectivity index (χ0) is 54.9. The number of carbonyl (C=O) groups is 6. The molecule has 0 aliphatic rings. The fourth-order valence-corrected chi connectivity index (χ4v) is 10.1.